The lowest BCUT2D eigenvalue weighted by atomic mass is 9.93. The van der Waals surface area contributed by atoms with Crippen molar-refractivity contribution in [2.45, 2.75) is 32.2 Å². The van der Waals surface area contributed by atoms with Crippen molar-refractivity contribution < 1.29 is 0 Å². The first-order valence-corrected chi connectivity index (χ1v) is 9.41. The van der Waals surface area contributed by atoms with E-state index < -0.39 is 0 Å². The van der Waals surface area contributed by atoms with Crippen LogP contribution in [0.3, 0.4) is 0 Å². The lowest BCUT2D eigenvalue weighted by Gasteiger charge is -2.32. The topological polar surface area (TPSA) is 34.0 Å². The third-order valence-corrected chi connectivity index (χ3v) is 5.29. The van der Waals surface area contributed by atoms with Crippen molar-refractivity contribution in [3.63, 3.8) is 0 Å². The third-order valence-electron chi connectivity index (χ3n) is 5.29. The minimum Gasteiger partial charge on any atom is -0.337 e. The Labute approximate surface area is 155 Å². The Balaban J connectivity index is 1.52. The molecule has 4 heteroatoms. The lowest BCUT2D eigenvalue weighted by molar-refractivity contribution is 0.192. The Hall–Kier alpha value is -2.46. The first kappa shape index (κ1) is 17.0. The molecule has 4 nitrogen and oxygen atoms in total. The van der Waals surface area contributed by atoms with Crippen LogP contribution < -0.4 is 0 Å². The molecule has 1 aromatic carbocycles. The normalized spacial score (nSPS) is 18.2. The summed E-state index contributed by atoms with van der Waals surface area (Å²) < 4.78 is 2.11. The quantitative estimate of drug-likeness (QED) is 0.711. The summed E-state index contributed by atoms with van der Waals surface area (Å²) in [5, 5.41) is 0. The van der Waals surface area contributed by atoms with Gasteiger partial charge in [0.1, 0.15) is 5.82 Å². The number of benzene rings is 1. The molecule has 134 valence electrons. The number of likely N-dealkylation sites (tertiary alicyclic amines) is 1. The number of nitrogens with zero attached hydrogens (tertiary/aromatic N) is 4. The zero-order valence-electron chi connectivity index (χ0n) is 15.6. The molecule has 1 saturated heterocycles. The Morgan fingerprint density at radius 3 is 2.85 bits per heavy atom. The summed E-state index contributed by atoms with van der Waals surface area (Å²) in [4.78, 5) is 12.0. The number of pyridine rings is 1. The van der Waals surface area contributed by atoms with Gasteiger partial charge in [-0.2, -0.15) is 0 Å². The first-order valence-electron chi connectivity index (χ1n) is 9.41. The van der Waals surface area contributed by atoms with E-state index in [4.69, 9.17) is 4.98 Å². The van der Waals surface area contributed by atoms with Crippen molar-refractivity contribution in [2.24, 2.45) is 7.05 Å². The lowest BCUT2D eigenvalue weighted by Crippen LogP contribution is -2.34. The second kappa shape index (κ2) is 7.42. The van der Waals surface area contributed by atoms with Gasteiger partial charge in [-0.1, -0.05) is 29.8 Å². The minimum atomic E-state index is 0.494. The molecule has 2 aromatic heterocycles. The highest BCUT2D eigenvalue weighted by Crippen LogP contribution is 2.28. The molecule has 0 unspecified atom stereocenters. The van der Waals surface area contributed by atoms with Crippen LogP contribution in [0.5, 0.6) is 0 Å². The maximum absolute atomic E-state index is 5.01. The van der Waals surface area contributed by atoms with Crippen LogP contribution in [0.2, 0.25) is 0 Å². The maximum Gasteiger partial charge on any atom is 0.122 e. The molecule has 1 aliphatic rings. The molecule has 0 saturated carbocycles. The van der Waals surface area contributed by atoms with Gasteiger partial charge in [0.05, 0.1) is 12.2 Å². The second-order valence-corrected chi connectivity index (χ2v) is 7.35. The van der Waals surface area contributed by atoms with E-state index in [1.165, 1.54) is 29.7 Å². The fraction of sp³-hybridized carbons (Fsp3) is 0.364. The molecular formula is C22H26N4. The maximum atomic E-state index is 5.01. The van der Waals surface area contributed by atoms with Gasteiger partial charge >= 0.3 is 0 Å². The van der Waals surface area contributed by atoms with Crippen LogP contribution in [-0.4, -0.2) is 32.5 Å². The Bertz CT molecular complexity index is 883. The number of hydrogen-bond donors (Lipinski definition) is 0. The predicted molar refractivity (Wildman–Crippen MR) is 105 cm³/mol. The molecule has 0 bridgehead atoms. The molecule has 1 aliphatic heterocycles. The third kappa shape index (κ3) is 3.70. The van der Waals surface area contributed by atoms with E-state index in [2.05, 4.69) is 70.9 Å². The van der Waals surface area contributed by atoms with Gasteiger partial charge < -0.3 is 4.57 Å². The Morgan fingerprint density at radius 1 is 1.15 bits per heavy atom. The molecule has 1 fully saturated rings. The fourth-order valence-corrected chi connectivity index (χ4v) is 3.83. The molecule has 0 amide bonds. The second-order valence-electron chi connectivity index (χ2n) is 7.35. The zero-order chi connectivity index (χ0) is 17.9. The van der Waals surface area contributed by atoms with E-state index in [1.807, 2.05) is 12.4 Å². The van der Waals surface area contributed by atoms with Crippen LogP contribution in [0, 0.1) is 6.92 Å². The van der Waals surface area contributed by atoms with E-state index in [9.17, 15) is 0 Å². The van der Waals surface area contributed by atoms with Crippen LogP contribution in [0.1, 0.15) is 35.8 Å². The molecular weight excluding hydrogens is 320 g/mol. The van der Waals surface area contributed by atoms with Gasteiger partial charge in [0.15, 0.2) is 0 Å². The van der Waals surface area contributed by atoms with E-state index in [1.54, 1.807) is 0 Å². The predicted octanol–water partition coefficient (Wildman–Crippen LogP) is 4.17. The van der Waals surface area contributed by atoms with Crippen molar-refractivity contribution in [3.8, 4) is 11.3 Å². The van der Waals surface area contributed by atoms with Crippen LogP contribution in [0.25, 0.3) is 11.3 Å². The molecule has 3 aromatic rings. The summed E-state index contributed by atoms with van der Waals surface area (Å²) in [6, 6.07) is 15.0. The number of piperidine rings is 1. The molecule has 26 heavy (non-hydrogen) atoms. The molecule has 1 atom stereocenters. The summed E-state index contributed by atoms with van der Waals surface area (Å²) in [7, 11) is 2.07. The zero-order valence-corrected chi connectivity index (χ0v) is 15.6. The molecule has 0 N–H and O–H groups in total. The summed E-state index contributed by atoms with van der Waals surface area (Å²) in [6.07, 6.45) is 6.32. The number of rotatable bonds is 4. The van der Waals surface area contributed by atoms with Gasteiger partial charge in [-0.05, 0) is 44.5 Å². The minimum absolute atomic E-state index is 0.494. The van der Waals surface area contributed by atoms with Gasteiger partial charge in [-0.25, -0.2) is 4.98 Å². The van der Waals surface area contributed by atoms with Gasteiger partial charge in [0.25, 0.3) is 0 Å². The van der Waals surface area contributed by atoms with Crippen molar-refractivity contribution >= 4 is 0 Å². The summed E-state index contributed by atoms with van der Waals surface area (Å²) in [5.74, 6) is 1.63. The van der Waals surface area contributed by atoms with E-state index in [0.717, 1.165) is 31.2 Å². The number of hydrogen-bond acceptors (Lipinski definition) is 3. The summed E-state index contributed by atoms with van der Waals surface area (Å²) >= 11 is 0. The summed E-state index contributed by atoms with van der Waals surface area (Å²) in [5.41, 5.74) is 4.77. The SMILES string of the molecule is Cc1cccc(-c2cccc([C@@H]3CCCN(Cc4nccn4C)C3)n2)c1. The largest absolute Gasteiger partial charge is 0.337 e. The van der Waals surface area contributed by atoms with E-state index in [0.29, 0.717) is 5.92 Å². The molecule has 0 aliphatic carbocycles. The van der Waals surface area contributed by atoms with E-state index >= 15 is 0 Å². The number of aryl methyl sites for hydroxylation is 2. The van der Waals surface area contributed by atoms with Crippen molar-refractivity contribution in [3.05, 3.63) is 71.9 Å². The van der Waals surface area contributed by atoms with Crippen molar-refractivity contribution in [1.29, 1.82) is 0 Å². The average molecular weight is 346 g/mol. The van der Waals surface area contributed by atoms with Crippen LogP contribution in [0.15, 0.2) is 54.9 Å². The van der Waals surface area contributed by atoms with Gasteiger partial charge in [-0.3, -0.25) is 9.88 Å². The van der Waals surface area contributed by atoms with Crippen LogP contribution in [0.4, 0.5) is 0 Å². The Morgan fingerprint density at radius 2 is 2.04 bits per heavy atom. The van der Waals surface area contributed by atoms with Gasteiger partial charge in [-0.15, -0.1) is 0 Å². The highest BCUT2D eigenvalue weighted by Gasteiger charge is 2.23. The molecule has 3 heterocycles. The van der Waals surface area contributed by atoms with Crippen molar-refractivity contribution in [2.75, 3.05) is 13.1 Å². The fourth-order valence-electron chi connectivity index (χ4n) is 3.83. The smallest absolute Gasteiger partial charge is 0.122 e. The molecule has 0 spiro atoms. The van der Waals surface area contributed by atoms with Gasteiger partial charge in [0, 0.05) is 43.2 Å². The Kier molecular flexibility index (Phi) is 4.85. The standard InChI is InChI=1S/C22H26N4/c1-17-6-3-7-18(14-17)20-9-4-10-21(24-20)19-8-5-12-26(15-19)16-22-23-11-13-25(22)2/h3-4,6-7,9-11,13-14,19H,5,8,12,15-16H2,1-2H3/t19-/m1/s1. The molecule has 4 rings (SSSR count). The highest BCUT2D eigenvalue weighted by atomic mass is 15.2. The number of imidazole rings is 1. The average Bonchev–Trinajstić information content (AvgIpc) is 3.07. The molecule has 0 radical (unpaired) electrons. The van der Waals surface area contributed by atoms with E-state index in [-0.39, 0.29) is 0 Å². The van der Waals surface area contributed by atoms with Crippen molar-refractivity contribution in [1.82, 2.24) is 19.4 Å². The first-order chi connectivity index (χ1) is 12.7. The van der Waals surface area contributed by atoms with Crippen LogP contribution in [-0.2, 0) is 13.6 Å². The monoisotopic (exact) mass is 346 g/mol. The summed E-state index contributed by atoms with van der Waals surface area (Å²) in [6.45, 7) is 5.24. The van der Waals surface area contributed by atoms with Gasteiger partial charge in [0.2, 0.25) is 0 Å². The number of aromatic nitrogens is 3. The van der Waals surface area contributed by atoms with Crippen LogP contribution >= 0.6 is 0 Å². The highest BCUT2D eigenvalue weighted by molar-refractivity contribution is 5.60.